The molecule has 2 aliphatic rings. The predicted octanol–water partition coefficient (Wildman–Crippen LogP) is 2.15. The van der Waals surface area contributed by atoms with Gasteiger partial charge in [0.2, 0.25) is 0 Å². The van der Waals surface area contributed by atoms with Gasteiger partial charge in [0.1, 0.15) is 6.29 Å². The van der Waals surface area contributed by atoms with Gasteiger partial charge in [0.15, 0.2) is 0 Å². The van der Waals surface area contributed by atoms with E-state index in [1.807, 2.05) is 0 Å². The van der Waals surface area contributed by atoms with Gasteiger partial charge in [-0.1, -0.05) is 19.3 Å². The molecule has 4 unspecified atom stereocenters. The fraction of sp³-hybridized carbons (Fsp3) is 0.917. The van der Waals surface area contributed by atoms with Crippen molar-refractivity contribution in [2.24, 2.45) is 17.8 Å². The van der Waals surface area contributed by atoms with E-state index in [2.05, 4.69) is 0 Å². The Bertz CT molecular complexity index is 202. The second kappa shape index (κ2) is 4.43. The van der Waals surface area contributed by atoms with Crippen molar-refractivity contribution in [3.63, 3.8) is 0 Å². The molecule has 2 saturated carbocycles. The van der Waals surface area contributed by atoms with Gasteiger partial charge in [-0.3, -0.25) is 0 Å². The van der Waals surface area contributed by atoms with Gasteiger partial charge in [-0.15, -0.1) is 0 Å². The molecule has 4 atom stereocenters. The lowest BCUT2D eigenvalue weighted by Crippen LogP contribution is -2.39. The maximum atomic E-state index is 10.6. The zero-order valence-corrected chi connectivity index (χ0v) is 8.69. The molecule has 0 aromatic rings. The highest BCUT2D eigenvalue weighted by molar-refractivity contribution is 5.50. The molecule has 80 valence electrons. The largest absolute Gasteiger partial charge is 0.393 e. The molecule has 0 bridgehead atoms. The fourth-order valence-corrected chi connectivity index (χ4v) is 3.49. The Morgan fingerprint density at radius 3 is 2.71 bits per heavy atom. The summed E-state index contributed by atoms with van der Waals surface area (Å²) in [7, 11) is 0. The molecule has 2 heteroatoms. The van der Waals surface area contributed by atoms with Crippen LogP contribution in [0.2, 0.25) is 0 Å². The molecule has 2 nitrogen and oxygen atoms in total. The molecular weight excluding hydrogens is 176 g/mol. The van der Waals surface area contributed by atoms with E-state index in [1.165, 1.54) is 32.1 Å². The first-order valence-corrected chi connectivity index (χ1v) is 5.94. The molecule has 0 aromatic carbocycles. The van der Waals surface area contributed by atoms with E-state index in [-0.39, 0.29) is 12.0 Å². The van der Waals surface area contributed by atoms with E-state index in [0.29, 0.717) is 12.3 Å². The topological polar surface area (TPSA) is 37.3 Å². The number of aldehydes is 1. The maximum Gasteiger partial charge on any atom is 0.120 e. The zero-order chi connectivity index (χ0) is 9.97. The van der Waals surface area contributed by atoms with Crippen molar-refractivity contribution in [3.05, 3.63) is 0 Å². The van der Waals surface area contributed by atoms with Gasteiger partial charge in [0.25, 0.3) is 0 Å². The number of carbonyl (C=O) groups is 1. The van der Waals surface area contributed by atoms with Crippen molar-refractivity contribution in [2.75, 3.05) is 0 Å². The Morgan fingerprint density at radius 2 is 1.93 bits per heavy atom. The Labute approximate surface area is 85.7 Å². The minimum absolute atomic E-state index is 0.209. The number of aliphatic hydroxyl groups excluding tert-OH is 1. The van der Waals surface area contributed by atoms with Gasteiger partial charge >= 0.3 is 0 Å². The van der Waals surface area contributed by atoms with Crippen LogP contribution in [0, 0.1) is 17.8 Å². The molecule has 1 N–H and O–H groups in total. The molecule has 0 amide bonds. The van der Waals surface area contributed by atoms with Crippen molar-refractivity contribution < 1.29 is 9.90 Å². The number of carbonyl (C=O) groups excluding carboxylic acids is 1. The summed E-state index contributed by atoms with van der Waals surface area (Å²) in [6, 6.07) is 0. The third-order valence-electron chi connectivity index (χ3n) is 4.21. The van der Waals surface area contributed by atoms with Crippen molar-refractivity contribution >= 4 is 6.29 Å². The third kappa shape index (κ3) is 1.85. The summed E-state index contributed by atoms with van der Waals surface area (Å²) >= 11 is 0. The lowest BCUT2D eigenvalue weighted by Gasteiger charge is -2.43. The van der Waals surface area contributed by atoms with Crippen LogP contribution in [-0.4, -0.2) is 17.5 Å². The molecular formula is C12H20O2. The van der Waals surface area contributed by atoms with Crippen molar-refractivity contribution in [2.45, 2.75) is 51.0 Å². The first-order chi connectivity index (χ1) is 6.83. The quantitative estimate of drug-likeness (QED) is 0.687. The molecule has 14 heavy (non-hydrogen) atoms. The lowest BCUT2D eigenvalue weighted by molar-refractivity contribution is -0.112. The Hall–Kier alpha value is -0.370. The Balaban J connectivity index is 2.05. The van der Waals surface area contributed by atoms with Crippen LogP contribution >= 0.6 is 0 Å². The molecule has 2 fully saturated rings. The van der Waals surface area contributed by atoms with Crippen LogP contribution in [0.4, 0.5) is 0 Å². The highest BCUT2D eigenvalue weighted by atomic mass is 16.3. The van der Waals surface area contributed by atoms with E-state index < -0.39 is 0 Å². The Kier molecular flexibility index (Phi) is 3.22. The highest BCUT2D eigenvalue weighted by Gasteiger charge is 2.39. The molecule has 2 aliphatic carbocycles. The predicted molar refractivity (Wildman–Crippen MR) is 54.9 cm³/mol. The summed E-state index contributed by atoms with van der Waals surface area (Å²) in [5, 5.41) is 9.88. The normalized spacial score (nSPS) is 42.9. The number of hydrogen-bond acceptors (Lipinski definition) is 2. The molecule has 0 spiro atoms. The van der Waals surface area contributed by atoms with Gasteiger partial charge in [-0.2, -0.15) is 0 Å². The highest BCUT2D eigenvalue weighted by Crippen LogP contribution is 2.44. The van der Waals surface area contributed by atoms with Gasteiger partial charge in [-0.05, 0) is 37.0 Å². The molecule has 0 aliphatic heterocycles. The van der Waals surface area contributed by atoms with Crippen molar-refractivity contribution in [1.29, 1.82) is 0 Å². The van der Waals surface area contributed by atoms with Gasteiger partial charge in [-0.25, -0.2) is 0 Å². The maximum absolute atomic E-state index is 10.6. The van der Waals surface area contributed by atoms with Gasteiger partial charge in [0, 0.05) is 6.42 Å². The second-order valence-electron chi connectivity index (χ2n) is 4.92. The van der Waals surface area contributed by atoms with Crippen LogP contribution in [-0.2, 0) is 4.79 Å². The van der Waals surface area contributed by atoms with Crippen molar-refractivity contribution in [1.82, 2.24) is 0 Å². The van der Waals surface area contributed by atoms with Crippen LogP contribution < -0.4 is 0 Å². The van der Waals surface area contributed by atoms with E-state index >= 15 is 0 Å². The van der Waals surface area contributed by atoms with E-state index in [0.717, 1.165) is 18.6 Å². The van der Waals surface area contributed by atoms with Crippen LogP contribution in [0.5, 0.6) is 0 Å². The molecule has 0 heterocycles. The first kappa shape index (κ1) is 10.2. The first-order valence-electron chi connectivity index (χ1n) is 5.94. The molecule has 0 radical (unpaired) electrons. The summed E-state index contributed by atoms with van der Waals surface area (Å²) in [6.45, 7) is 0. The summed E-state index contributed by atoms with van der Waals surface area (Å²) in [6.07, 6.45) is 8.66. The number of hydrogen-bond donors (Lipinski definition) is 1. The molecule has 2 rings (SSSR count). The standard InChI is InChI=1S/C12H20O2/c13-8-7-11-10-4-2-1-3-9(10)5-6-12(11)14/h8-12,14H,1-7H2. The summed E-state index contributed by atoms with van der Waals surface area (Å²) in [4.78, 5) is 10.6. The van der Waals surface area contributed by atoms with Gasteiger partial charge in [0.05, 0.1) is 6.10 Å². The van der Waals surface area contributed by atoms with E-state index in [4.69, 9.17) is 0 Å². The monoisotopic (exact) mass is 196 g/mol. The summed E-state index contributed by atoms with van der Waals surface area (Å²) in [5.74, 6) is 1.71. The van der Waals surface area contributed by atoms with Crippen LogP contribution in [0.1, 0.15) is 44.9 Å². The van der Waals surface area contributed by atoms with E-state index in [1.54, 1.807) is 0 Å². The molecule has 0 aromatic heterocycles. The second-order valence-corrected chi connectivity index (χ2v) is 4.92. The lowest BCUT2D eigenvalue weighted by atomic mass is 9.64. The summed E-state index contributed by atoms with van der Waals surface area (Å²) < 4.78 is 0. The SMILES string of the molecule is O=CCC1C(O)CCC2CCCCC21. The van der Waals surface area contributed by atoms with Crippen LogP contribution in [0.25, 0.3) is 0 Å². The fourth-order valence-electron chi connectivity index (χ4n) is 3.49. The average Bonchev–Trinajstić information content (AvgIpc) is 2.23. The zero-order valence-electron chi connectivity index (χ0n) is 8.69. The smallest absolute Gasteiger partial charge is 0.120 e. The minimum atomic E-state index is -0.209. The van der Waals surface area contributed by atoms with Gasteiger partial charge < -0.3 is 9.90 Å². The number of rotatable bonds is 2. The Morgan fingerprint density at radius 1 is 1.14 bits per heavy atom. The minimum Gasteiger partial charge on any atom is -0.393 e. The average molecular weight is 196 g/mol. The van der Waals surface area contributed by atoms with Crippen LogP contribution in [0.3, 0.4) is 0 Å². The number of aliphatic hydroxyl groups is 1. The number of fused-ring (bicyclic) bond motifs is 1. The van der Waals surface area contributed by atoms with Crippen LogP contribution in [0.15, 0.2) is 0 Å². The summed E-state index contributed by atoms with van der Waals surface area (Å²) in [5.41, 5.74) is 0. The van der Waals surface area contributed by atoms with E-state index in [9.17, 15) is 9.90 Å². The molecule has 0 saturated heterocycles. The van der Waals surface area contributed by atoms with Crippen molar-refractivity contribution in [3.8, 4) is 0 Å². The third-order valence-corrected chi connectivity index (χ3v) is 4.21.